The molecule has 1 N–H and O–H groups in total. The zero-order valence-electron chi connectivity index (χ0n) is 8.12. The van der Waals surface area contributed by atoms with Crippen molar-refractivity contribution in [3.63, 3.8) is 0 Å². The number of carbonyl (C=O) groups is 1. The lowest BCUT2D eigenvalue weighted by molar-refractivity contribution is -0.146. The maximum absolute atomic E-state index is 11.2. The smallest absolute Gasteiger partial charge is 0.309 e. The predicted octanol–water partition coefficient (Wildman–Crippen LogP) is 1.27. The molecule has 1 rings (SSSR count). The van der Waals surface area contributed by atoms with Crippen LogP contribution < -0.4 is 0 Å². The van der Waals surface area contributed by atoms with E-state index in [0.29, 0.717) is 6.42 Å². The third kappa shape index (κ3) is 2.56. The van der Waals surface area contributed by atoms with Crippen LogP contribution in [-0.2, 0) is 9.53 Å². The molecular formula is C10H16O3. The summed E-state index contributed by atoms with van der Waals surface area (Å²) in [6, 6.07) is 0. The van der Waals surface area contributed by atoms with E-state index in [1.54, 1.807) is 0 Å². The van der Waals surface area contributed by atoms with Gasteiger partial charge in [-0.05, 0) is 19.3 Å². The number of aliphatic hydroxyl groups is 1. The Hall–Kier alpha value is -0.830. The van der Waals surface area contributed by atoms with Gasteiger partial charge in [0.15, 0.2) is 0 Å². The number of methoxy groups -OCH3 is 1. The molecule has 74 valence electrons. The molecule has 3 heteroatoms. The molecule has 2 atom stereocenters. The van der Waals surface area contributed by atoms with E-state index in [-0.39, 0.29) is 11.9 Å². The molecule has 0 saturated carbocycles. The Bertz CT molecular complexity index is 220. The van der Waals surface area contributed by atoms with Gasteiger partial charge in [0.25, 0.3) is 0 Å². The SMILES string of the molecule is CCC1=CC(O)CC(C(=O)OC)C1. The van der Waals surface area contributed by atoms with E-state index in [2.05, 4.69) is 4.74 Å². The molecule has 0 heterocycles. The second-order valence-electron chi connectivity index (χ2n) is 3.41. The number of hydrogen-bond acceptors (Lipinski definition) is 3. The quantitative estimate of drug-likeness (QED) is 0.519. The van der Waals surface area contributed by atoms with Crippen molar-refractivity contribution in [3.8, 4) is 0 Å². The van der Waals surface area contributed by atoms with Crippen molar-refractivity contribution in [2.45, 2.75) is 32.3 Å². The third-order valence-corrected chi connectivity index (χ3v) is 2.45. The molecule has 0 aromatic carbocycles. The fourth-order valence-electron chi connectivity index (χ4n) is 1.71. The van der Waals surface area contributed by atoms with Crippen molar-refractivity contribution in [2.24, 2.45) is 5.92 Å². The first-order valence-corrected chi connectivity index (χ1v) is 4.62. The molecule has 0 radical (unpaired) electrons. The topological polar surface area (TPSA) is 46.5 Å². The lowest BCUT2D eigenvalue weighted by atomic mass is 9.86. The molecule has 1 aliphatic rings. The van der Waals surface area contributed by atoms with Gasteiger partial charge in [-0.3, -0.25) is 4.79 Å². The van der Waals surface area contributed by atoms with Crippen LogP contribution in [0.25, 0.3) is 0 Å². The highest BCUT2D eigenvalue weighted by Crippen LogP contribution is 2.26. The zero-order chi connectivity index (χ0) is 9.84. The highest BCUT2D eigenvalue weighted by molar-refractivity contribution is 5.73. The minimum Gasteiger partial charge on any atom is -0.469 e. The van der Waals surface area contributed by atoms with Crippen LogP contribution in [0.2, 0.25) is 0 Å². The number of rotatable bonds is 2. The normalized spacial score (nSPS) is 28.1. The Labute approximate surface area is 78.4 Å². The first-order chi connectivity index (χ1) is 6.17. The maximum Gasteiger partial charge on any atom is 0.309 e. The lowest BCUT2D eigenvalue weighted by Crippen LogP contribution is -2.25. The molecule has 0 bridgehead atoms. The van der Waals surface area contributed by atoms with Crippen LogP contribution in [0.15, 0.2) is 11.6 Å². The van der Waals surface area contributed by atoms with Gasteiger partial charge < -0.3 is 9.84 Å². The molecule has 2 unspecified atom stereocenters. The number of aliphatic hydroxyl groups excluding tert-OH is 1. The first-order valence-electron chi connectivity index (χ1n) is 4.62. The van der Waals surface area contributed by atoms with Gasteiger partial charge in [0.2, 0.25) is 0 Å². The van der Waals surface area contributed by atoms with Crippen molar-refractivity contribution >= 4 is 5.97 Å². The van der Waals surface area contributed by atoms with Crippen molar-refractivity contribution in [3.05, 3.63) is 11.6 Å². The van der Waals surface area contributed by atoms with Crippen molar-refractivity contribution in [2.75, 3.05) is 7.11 Å². The monoisotopic (exact) mass is 184 g/mol. The van der Waals surface area contributed by atoms with E-state index in [1.807, 2.05) is 13.0 Å². The minimum absolute atomic E-state index is 0.153. The van der Waals surface area contributed by atoms with Crippen LogP contribution in [0.3, 0.4) is 0 Å². The summed E-state index contributed by atoms with van der Waals surface area (Å²) in [6.45, 7) is 2.03. The van der Waals surface area contributed by atoms with E-state index in [9.17, 15) is 9.90 Å². The average molecular weight is 184 g/mol. The second-order valence-corrected chi connectivity index (χ2v) is 3.41. The summed E-state index contributed by atoms with van der Waals surface area (Å²) in [5.41, 5.74) is 1.15. The second kappa shape index (κ2) is 4.42. The first kappa shape index (κ1) is 10.3. The number of esters is 1. The average Bonchev–Trinajstić information content (AvgIpc) is 2.15. The fraction of sp³-hybridized carbons (Fsp3) is 0.700. The lowest BCUT2D eigenvalue weighted by Gasteiger charge is -2.23. The number of allylic oxidation sites excluding steroid dienone is 1. The van der Waals surface area contributed by atoms with Crippen molar-refractivity contribution in [1.29, 1.82) is 0 Å². The summed E-state index contributed by atoms with van der Waals surface area (Å²) in [6.07, 6.45) is 3.49. The van der Waals surface area contributed by atoms with Crippen LogP contribution in [-0.4, -0.2) is 24.3 Å². The molecule has 0 saturated heterocycles. The molecule has 0 fully saturated rings. The van der Waals surface area contributed by atoms with E-state index >= 15 is 0 Å². The summed E-state index contributed by atoms with van der Waals surface area (Å²) in [5, 5.41) is 9.44. The Kier molecular flexibility index (Phi) is 3.48. The van der Waals surface area contributed by atoms with E-state index in [4.69, 9.17) is 0 Å². The summed E-state index contributed by atoms with van der Waals surface area (Å²) >= 11 is 0. The molecule has 0 spiro atoms. The highest BCUT2D eigenvalue weighted by Gasteiger charge is 2.26. The molecule has 3 nitrogen and oxygen atoms in total. The van der Waals surface area contributed by atoms with Gasteiger partial charge in [-0.2, -0.15) is 0 Å². The van der Waals surface area contributed by atoms with Gasteiger partial charge in [0.1, 0.15) is 0 Å². The Morgan fingerprint density at radius 1 is 1.77 bits per heavy atom. The van der Waals surface area contributed by atoms with Crippen molar-refractivity contribution < 1.29 is 14.6 Å². The van der Waals surface area contributed by atoms with E-state index in [1.165, 1.54) is 7.11 Å². The molecule has 0 amide bonds. The molecule has 0 aromatic rings. The van der Waals surface area contributed by atoms with E-state index < -0.39 is 6.10 Å². The molecule has 1 aliphatic carbocycles. The number of hydrogen-bond donors (Lipinski definition) is 1. The van der Waals surface area contributed by atoms with Gasteiger partial charge >= 0.3 is 5.97 Å². The third-order valence-electron chi connectivity index (χ3n) is 2.45. The van der Waals surface area contributed by atoms with Gasteiger partial charge in [0.05, 0.1) is 19.1 Å². The predicted molar refractivity (Wildman–Crippen MR) is 49.1 cm³/mol. The van der Waals surface area contributed by atoms with Crippen LogP contribution >= 0.6 is 0 Å². The number of ether oxygens (including phenoxy) is 1. The number of carbonyl (C=O) groups excluding carboxylic acids is 1. The molecule has 0 aromatic heterocycles. The summed E-state index contributed by atoms with van der Waals surface area (Å²) < 4.78 is 4.65. The van der Waals surface area contributed by atoms with Gasteiger partial charge in [-0.15, -0.1) is 0 Å². The van der Waals surface area contributed by atoms with Crippen LogP contribution in [0, 0.1) is 5.92 Å². The fourth-order valence-corrected chi connectivity index (χ4v) is 1.71. The molecule has 13 heavy (non-hydrogen) atoms. The Morgan fingerprint density at radius 3 is 3.00 bits per heavy atom. The van der Waals surface area contributed by atoms with Crippen LogP contribution in [0.4, 0.5) is 0 Å². The molecular weight excluding hydrogens is 168 g/mol. The zero-order valence-corrected chi connectivity index (χ0v) is 8.12. The molecule has 0 aliphatic heterocycles. The van der Waals surface area contributed by atoms with Gasteiger partial charge in [-0.25, -0.2) is 0 Å². The summed E-state index contributed by atoms with van der Waals surface area (Å²) in [7, 11) is 1.39. The highest BCUT2D eigenvalue weighted by atomic mass is 16.5. The standard InChI is InChI=1S/C10H16O3/c1-3-7-4-8(10(12)13-2)6-9(11)5-7/h5,8-9,11H,3-4,6H2,1-2H3. The van der Waals surface area contributed by atoms with Crippen LogP contribution in [0.1, 0.15) is 26.2 Å². The Balaban J connectivity index is 2.63. The maximum atomic E-state index is 11.2. The summed E-state index contributed by atoms with van der Waals surface area (Å²) in [5.74, 6) is -0.363. The van der Waals surface area contributed by atoms with E-state index in [0.717, 1.165) is 18.4 Å². The Morgan fingerprint density at radius 2 is 2.46 bits per heavy atom. The van der Waals surface area contributed by atoms with Gasteiger partial charge in [-0.1, -0.05) is 18.6 Å². The minimum atomic E-state index is -0.479. The summed E-state index contributed by atoms with van der Waals surface area (Å²) in [4.78, 5) is 11.2. The van der Waals surface area contributed by atoms with Crippen LogP contribution in [0.5, 0.6) is 0 Å². The van der Waals surface area contributed by atoms with Gasteiger partial charge in [0, 0.05) is 0 Å². The van der Waals surface area contributed by atoms with Crippen molar-refractivity contribution in [1.82, 2.24) is 0 Å². The largest absolute Gasteiger partial charge is 0.469 e.